The molecule has 1 atom stereocenters. The second-order valence-electron chi connectivity index (χ2n) is 11.6. The number of rotatable bonds is 16. The van der Waals surface area contributed by atoms with E-state index in [2.05, 4.69) is 21.2 Å². The zero-order valence-corrected chi connectivity index (χ0v) is 30.9. The SMILES string of the molecule is CCOc1ccccc1N(CC(=O)N(Cc1ccc(Br)cc1)[C@@H](Cc1ccccc1)C(=O)NCC(C)C)S(=O)(=O)c1ccc(SC)cc1. The highest BCUT2D eigenvalue weighted by molar-refractivity contribution is 9.10. The zero-order chi connectivity index (χ0) is 34.7. The van der Waals surface area contributed by atoms with E-state index < -0.39 is 28.5 Å². The molecule has 0 heterocycles. The topological polar surface area (TPSA) is 96.0 Å². The van der Waals surface area contributed by atoms with Crippen LogP contribution in [0.5, 0.6) is 5.75 Å². The molecule has 4 aromatic rings. The van der Waals surface area contributed by atoms with E-state index in [1.165, 1.54) is 16.7 Å². The molecule has 11 heteroatoms. The number of halogens is 1. The number of hydrogen-bond donors (Lipinski definition) is 1. The fraction of sp³-hybridized carbons (Fsp3) is 0.297. The molecule has 0 radical (unpaired) electrons. The normalized spacial score (nSPS) is 12.0. The molecule has 0 aromatic heterocycles. The molecule has 254 valence electrons. The van der Waals surface area contributed by atoms with Crippen LogP contribution in [0, 0.1) is 5.92 Å². The van der Waals surface area contributed by atoms with E-state index in [4.69, 9.17) is 4.74 Å². The highest BCUT2D eigenvalue weighted by atomic mass is 79.9. The Morgan fingerprint density at radius 2 is 1.52 bits per heavy atom. The van der Waals surface area contributed by atoms with Crippen LogP contribution < -0.4 is 14.4 Å². The third-order valence-corrected chi connectivity index (χ3v) is 10.6. The molecule has 8 nitrogen and oxygen atoms in total. The molecule has 0 aliphatic heterocycles. The lowest BCUT2D eigenvalue weighted by atomic mass is 10.0. The Morgan fingerprint density at radius 1 is 0.875 bits per heavy atom. The second-order valence-corrected chi connectivity index (χ2v) is 15.2. The van der Waals surface area contributed by atoms with Gasteiger partial charge in [-0.1, -0.05) is 84.4 Å². The summed E-state index contributed by atoms with van der Waals surface area (Å²) in [5, 5.41) is 3.02. The number of sulfonamides is 1. The Hall–Kier alpha value is -3.80. The van der Waals surface area contributed by atoms with Crippen LogP contribution in [0.4, 0.5) is 5.69 Å². The molecular weight excluding hydrogens is 710 g/mol. The molecule has 4 rings (SSSR count). The maximum Gasteiger partial charge on any atom is 0.264 e. The first-order valence-corrected chi connectivity index (χ1v) is 19.2. The van der Waals surface area contributed by atoms with Gasteiger partial charge in [-0.05, 0) is 78.8 Å². The first-order valence-electron chi connectivity index (χ1n) is 15.8. The van der Waals surface area contributed by atoms with E-state index in [1.807, 2.05) is 81.6 Å². The minimum absolute atomic E-state index is 0.0365. The van der Waals surface area contributed by atoms with Gasteiger partial charge < -0.3 is 15.0 Å². The van der Waals surface area contributed by atoms with Crippen molar-refractivity contribution < 1.29 is 22.7 Å². The van der Waals surface area contributed by atoms with E-state index in [0.29, 0.717) is 18.9 Å². The van der Waals surface area contributed by atoms with Crippen LogP contribution in [0.1, 0.15) is 31.9 Å². The van der Waals surface area contributed by atoms with Crippen LogP contribution in [-0.4, -0.2) is 57.1 Å². The van der Waals surface area contributed by atoms with Gasteiger partial charge in [0.05, 0.1) is 17.2 Å². The molecule has 0 fully saturated rings. The second kappa shape index (κ2) is 17.6. The molecule has 0 aliphatic rings. The number of carbonyl (C=O) groups is 2. The third kappa shape index (κ3) is 9.87. The molecule has 0 aliphatic carbocycles. The first kappa shape index (κ1) is 37.0. The summed E-state index contributed by atoms with van der Waals surface area (Å²) in [4.78, 5) is 31.1. The van der Waals surface area contributed by atoms with Crippen LogP contribution in [0.15, 0.2) is 117 Å². The van der Waals surface area contributed by atoms with Gasteiger partial charge in [-0.3, -0.25) is 13.9 Å². The molecule has 4 aromatic carbocycles. The Bertz CT molecular complexity index is 1750. The number of amides is 2. The van der Waals surface area contributed by atoms with Gasteiger partial charge in [-0.15, -0.1) is 11.8 Å². The average molecular weight is 753 g/mol. The lowest BCUT2D eigenvalue weighted by Crippen LogP contribution is -2.53. The largest absolute Gasteiger partial charge is 0.492 e. The van der Waals surface area contributed by atoms with Crippen molar-refractivity contribution in [3.63, 3.8) is 0 Å². The number of nitrogens with one attached hydrogen (secondary N) is 1. The highest BCUT2D eigenvalue weighted by Gasteiger charge is 2.35. The number of ether oxygens (including phenoxy) is 1. The summed E-state index contributed by atoms with van der Waals surface area (Å²) in [6.45, 7) is 6.07. The number of thioether (sulfide) groups is 1. The molecule has 48 heavy (non-hydrogen) atoms. The smallest absolute Gasteiger partial charge is 0.264 e. The molecule has 0 unspecified atom stereocenters. The van der Waals surface area contributed by atoms with E-state index in [9.17, 15) is 18.0 Å². The number of carbonyl (C=O) groups excluding carboxylic acids is 2. The molecule has 0 saturated heterocycles. The third-order valence-electron chi connectivity index (χ3n) is 7.58. The number of benzene rings is 4. The van der Waals surface area contributed by atoms with E-state index in [1.54, 1.807) is 48.5 Å². The standard InChI is InChI=1S/C37H42BrN3O5S2/c1-5-46-35-14-10-9-13-33(35)41(48(44,45)32-21-19-31(47-4)20-22-32)26-36(42)40(25-29-15-17-30(38)18-16-29)34(37(43)39-24-27(2)3)23-28-11-7-6-8-12-28/h6-22,27,34H,5,23-26H2,1-4H3,(H,39,43)/t34-/m0/s1. The summed E-state index contributed by atoms with van der Waals surface area (Å²) >= 11 is 4.97. The Morgan fingerprint density at radius 3 is 2.15 bits per heavy atom. The quantitative estimate of drug-likeness (QED) is 0.122. The number of hydrogen-bond acceptors (Lipinski definition) is 6. The summed E-state index contributed by atoms with van der Waals surface area (Å²) < 4.78 is 36.7. The maximum atomic E-state index is 14.7. The van der Waals surface area contributed by atoms with Gasteiger partial charge in [0.1, 0.15) is 18.3 Å². The predicted molar refractivity (Wildman–Crippen MR) is 197 cm³/mol. The van der Waals surface area contributed by atoms with Gasteiger partial charge in [-0.25, -0.2) is 8.42 Å². The number of nitrogens with zero attached hydrogens (tertiary/aromatic N) is 2. The molecule has 1 N–H and O–H groups in total. The summed E-state index contributed by atoms with van der Waals surface area (Å²) in [6, 6.07) is 29.4. The van der Waals surface area contributed by atoms with Crippen LogP contribution in [0.2, 0.25) is 0 Å². The van der Waals surface area contributed by atoms with Crippen molar-refractivity contribution in [3.05, 3.63) is 119 Å². The zero-order valence-electron chi connectivity index (χ0n) is 27.6. The van der Waals surface area contributed by atoms with Gasteiger partial charge in [0, 0.05) is 28.9 Å². The fourth-order valence-electron chi connectivity index (χ4n) is 5.09. The molecule has 0 bridgehead atoms. The minimum atomic E-state index is -4.26. The summed E-state index contributed by atoms with van der Waals surface area (Å²) in [5.74, 6) is -0.328. The lowest BCUT2D eigenvalue weighted by molar-refractivity contribution is -0.140. The Balaban J connectivity index is 1.83. The summed E-state index contributed by atoms with van der Waals surface area (Å²) in [6.07, 6.45) is 2.15. The monoisotopic (exact) mass is 751 g/mol. The highest BCUT2D eigenvalue weighted by Crippen LogP contribution is 2.33. The molecule has 0 spiro atoms. The van der Waals surface area contributed by atoms with Crippen molar-refractivity contribution >= 4 is 55.2 Å². The Kier molecular flexibility index (Phi) is 13.5. The van der Waals surface area contributed by atoms with Gasteiger partial charge in [0.2, 0.25) is 11.8 Å². The van der Waals surface area contributed by atoms with Crippen molar-refractivity contribution in [1.29, 1.82) is 0 Å². The van der Waals surface area contributed by atoms with E-state index >= 15 is 0 Å². The van der Waals surface area contributed by atoms with Crippen LogP contribution in [0.25, 0.3) is 0 Å². The Labute approximate surface area is 297 Å². The van der Waals surface area contributed by atoms with E-state index in [0.717, 1.165) is 24.8 Å². The lowest BCUT2D eigenvalue weighted by Gasteiger charge is -2.34. The maximum absolute atomic E-state index is 14.7. The van der Waals surface area contributed by atoms with Crippen molar-refractivity contribution in [2.24, 2.45) is 5.92 Å². The van der Waals surface area contributed by atoms with Crippen molar-refractivity contribution in [3.8, 4) is 5.75 Å². The van der Waals surface area contributed by atoms with Crippen LogP contribution >= 0.6 is 27.7 Å². The van der Waals surface area contributed by atoms with Gasteiger partial charge in [0.25, 0.3) is 10.0 Å². The van der Waals surface area contributed by atoms with Crippen LogP contribution in [0.3, 0.4) is 0 Å². The molecule has 2 amide bonds. The van der Waals surface area contributed by atoms with Gasteiger partial charge in [-0.2, -0.15) is 0 Å². The summed E-state index contributed by atoms with van der Waals surface area (Å²) in [5.41, 5.74) is 1.89. The number of anilines is 1. The van der Waals surface area contributed by atoms with Gasteiger partial charge >= 0.3 is 0 Å². The molecular formula is C37H42BrN3O5S2. The fourth-order valence-corrected chi connectivity index (χ4v) is 7.19. The van der Waals surface area contributed by atoms with Gasteiger partial charge in [0.15, 0.2) is 0 Å². The minimum Gasteiger partial charge on any atom is -0.492 e. The van der Waals surface area contributed by atoms with Crippen LogP contribution in [-0.2, 0) is 32.6 Å². The number of para-hydroxylation sites is 2. The average Bonchev–Trinajstić information content (AvgIpc) is 3.09. The van der Waals surface area contributed by atoms with Crippen molar-refractivity contribution in [2.75, 3.05) is 30.3 Å². The first-order chi connectivity index (χ1) is 23.0. The molecule has 0 saturated carbocycles. The van der Waals surface area contributed by atoms with Crippen molar-refractivity contribution in [1.82, 2.24) is 10.2 Å². The predicted octanol–water partition coefficient (Wildman–Crippen LogP) is 7.18. The van der Waals surface area contributed by atoms with Crippen molar-refractivity contribution in [2.45, 2.75) is 49.6 Å². The summed E-state index contributed by atoms with van der Waals surface area (Å²) in [7, 11) is -4.26. The van der Waals surface area contributed by atoms with E-state index in [-0.39, 0.29) is 35.4 Å².